The number of carbonyl (C=O) groups excluding carboxylic acids is 2. The van der Waals surface area contributed by atoms with Crippen LogP contribution in [0.15, 0.2) is 24.3 Å². The van der Waals surface area contributed by atoms with Crippen LogP contribution in [0, 0.1) is 28.6 Å². The van der Waals surface area contributed by atoms with Crippen LogP contribution in [0.4, 0.5) is 0 Å². The average molecular weight is 593 g/mol. The van der Waals surface area contributed by atoms with Gasteiger partial charge in [-0.15, -0.1) is 0 Å². The van der Waals surface area contributed by atoms with Crippen LogP contribution in [0.1, 0.15) is 26.2 Å². The van der Waals surface area contributed by atoms with Crippen molar-refractivity contribution in [3.8, 4) is 0 Å². The van der Waals surface area contributed by atoms with Crippen LogP contribution >= 0.6 is 0 Å². The van der Waals surface area contributed by atoms with E-state index in [0.717, 1.165) is 5.57 Å². The highest BCUT2D eigenvalue weighted by molar-refractivity contribution is 6.70. The lowest BCUT2D eigenvalue weighted by molar-refractivity contribution is -0.168. The first-order valence-electron chi connectivity index (χ1n) is 14.4. The van der Waals surface area contributed by atoms with E-state index in [4.69, 9.17) is 22.8 Å². The fraction of sp³-hybridized carbons (Fsp3) is 0.793. The Kier molecular flexibility index (Phi) is 6.42. The summed E-state index contributed by atoms with van der Waals surface area (Å²) in [6.07, 6.45) is 5.35. The van der Waals surface area contributed by atoms with Gasteiger partial charge in [-0.2, -0.15) is 0 Å². The van der Waals surface area contributed by atoms with Gasteiger partial charge in [0.2, 0.25) is 0 Å². The fourth-order valence-electron chi connectivity index (χ4n) is 8.99. The summed E-state index contributed by atoms with van der Waals surface area (Å²) in [5, 5.41) is 0. The molecule has 0 radical (unpaired) electrons. The van der Waals surface area contributed by atoms with Crippen molar-refractivity contribution in [3.63, 3.8) is 0 Å². The molecule has 0 N–H and O–H groups in total. The molecule has 0 amide bonds. The standard InChI is InChI=1S/C29H48O7Si3/c1-18-16-27-17-29(18,36-39(10,11)12)21(35-38(7,8)9)15-19(27)28-14-13-20(34-37(4,5)6)26(2,25(31)33-28)23(28)22(27)24(30)32-3/h13-14,19-23H,1,15-17H2,2-12H3/t19-,20+,21+,22-,23?,26?,27+,28-,29+/m1/s1. The van der Waals surface area contributed by atoms with Gasteiger partial charge < -0.3 is 22.8 Å². The van der Waals surface area contributed by atoms with E-state index in [1.165, 1.54) is 7.11 Å². The number of methoxy groups -OCH3 is 1. The van der Waals surface area contributed by atoms with E-state index in [1.54, 1.807) is 0 Å². The van der Waals surface area contributed by atoms with Crippen LogP contribution in [-0.2, 0) is 32.3 Å². The van der Waals surface area contributed by atoms with E-state index in [-0.39, 0.29) is 24.0 Å². The lowest BCUT2D eigenvalue weighted by Crippen LogP contribution is -2.60. The van der Waals surface area contributed by atoms with Gasteiger partial charge in [0.1, 0.15) is 16.6 Å². The second-order valence-corrected chi connectivity index (χ2v) is 29.2. The van der Waals surface area contributed by atoms with E-state index in [0.29, 0.717) is 19.3 Å². The molecule has 1 spiro atoms. The second kappa shape index (κ2) is 8.50. The summed E-state index contributed by atoms with van der Waals surface area (Å²) in [5.74, 6) is -1.62. The lowest BCUT2D eigenvalue weighted by Gasteiger charge is -2.52. The summed E-state index contributed by atoms with van der Waals surface area (Å²) in [6.45, 7) is 26.2. The van der Waals surface area contributed by atoms with Crippen molar-refractivity contribution >= 4 is 36.9 Å². The minimum absolute atomic E-state index is 0.118. The van der Waals surface area contributed by atoms with E-state index in [9.17, 15) is 9.59 Å². The molecule has 7 nitrogen and oxygen atoms in total. The highest BCUT2D eigenvalue weighted by atomic mass is 28.4. The van der Waals surface area contributed by atoms with Gasteiger partial charge in [0, 0.05) is 11.8 Å². The number of esters is 2. The van der Waals surface area contributed by atoms with Crippen LogP contribution in [0.5, 0.6) is 0 Å². The van der Waals surface area contributed by atoms with Crippen molar-refractivity contribution in [2.24, 2.45) is 28.6 Å². The van der Waals surface area contributed by atoms with Gasteiger partial charge in [-0.1, -0.05) is 12.7 Å². The monoisotopic (exact) mass is 592 g/mol. The summed E-state index contributed by atoms with van der Waals surface area (Å²) >= 11 is 0. The maximum atomic E-state index is 13.9. The molecule has 4 aliphatic carbocycles. The molecule has 2 unspecified atom stereocenters. The Morgan fingerprint density at radius 1 is 1.03 bits per heavy atom. The van der Waals surface area contributed by atoms with Crippen molar-refractivity contribution < 1.29 is 32.3 Å². The highest BCUT2D eigenvalue weighted by Gasteiger charge is 2.85. The number of hydrogen-bond acceptors (Lipinski definition) is 7. The Balaban J connectivity index is 1.72. The van der Waals surface area contributed by atoms with Crippen molar-refractivity contribution in [1.82, 2.24) is 0 Å². The Morgan fingerprint density at radius 3 is 2.18 bits per heavy atom. The molecule has 4 bridgehead atoms. The zero-order valence-electron chi connectivity index (χ0n) is 25.7. The minimum atomic E-state index is -2.05. The molecular formula is C29H48O7Si3. The first-order chi connectivity index (χ1) is 17.7. The average Bonchev–Trinajstić information content (AvgIpc) is 3.20. The molecule has 4 fully saturated rings. The molecule has 0 aromatic heterocycles. The maximum Gasteiger partial charge on any atom is 0.316 e. The third-order valence-electron chi connectivity index (χ3n) is 9.78. The normalized spacial score (nSPS) is 44.7. The van der Waals surface area contributed by atoms with Crippen molar-refractivity contribution in [1.29, 1.82) is 0 Å². The number of rotatable bonds is 7. The van der Waals surface area contributed by atoms with E-state index in [2.05, 4.69) is 71.6 Å². The third-order valence-corrected chi connectivity index (χ3v) is 12.7. The minimum Gasteiger partial charge on any atom is -0.469 e. The Labute approximate surface area is 237 Å². The van der Waals surface area contributed by atoms with Gasteiger partial charge in [-0.3, -0.25) is 9.59 Å². The molecule has 39 heavy (non-hydrogen) atoms. The van der Waals surface area contributed by atoms with Crippen LogP contribution < -0.4 is 0 Å². The lowest BCUT2D eigenvalue weighted by atomic mass is 9.61. The van der Waals surface area contributed by atoms with E-state index in [1.807, 2.05) is 13.0 Å². The fourth-order valence-corrected chi connectivity index (χ4v) is 12.7. The molecule has 3 saturated carbocycles. The SMILES string of the molecule is C=C1C[C@]23C[C@@]1(O[Si](C)(C)C)[C@@H](O[Si](C)(C)C)C[C@H]2[C@@]12C=C[C@H](O[Si](C)(C)C)C(C)(C(=O)O1)C2[C@@H]3C(=O)OC. The first kappa shape index (κ1) is 29.4. The Hall–Kier alpha value is -1.05. The summed E-state index contributed by atoms with van der Waals surface area (Å²) in [6, 6.07) is 0. The maximum absolute atomic E-state index is 13.9. The zero-order chi connectivity index (χ0) is 29.2. The van der Waals surface area contributed by atoms with Gasteiger partial charge in [-0.25, -0.2) is 0 Å². The molecule has 1 saturated heterocycles. The number of fused-ring (bicyclic) bond motifs is 1. The zero-order valence-corrected chi connectivity index (χ0v) is 28.7. The third kappa shape index (κ3) is 4.10. The van der Waals surface area contributed by atoms with Crippen LogP contribution in [0.25, 0.3) is 0 Å². The second-order valence-electron chi connectivity index (χ2n) is 15.8. The summed E-state index contributed by atoms with van der Waals surface area (Å²) in [7, 11) is -4.63. The van der Waals surface area contributed by atoms with Crippen molar-refractivity contribution in [2.75, 3.05) is 7.11 Å². The topological polar surface area (TPSA) is 80.3 Å². The summed E-state index contributed by atoms with van der Waals surface area (Å²) < 4.78 is 32.7. The molecule has 1 heterocycles. The molecule has 5 aliphatic rings. The van der Waals surface area contributed by atoms with Crippen LogP contribution in [0.2, 0.25) is 58.9 Å². The van der Waals surface area contributed by atoms with Crippen molar-refractivity contribution in [3.05, 3.63) is 24.3 Å². The number of ether oxygens (including phenoxy) is 2. The van der Waals surface area contributed by atoms with Gasteiger partial charge in [0.25, 0.3) is 0 Å². The largest absolute Gasteiger partial charge is 0.469 e. The first-order valence-corrected chi connectivity index (χ1v) is 24.6. The Bertz CT molecular complexity index is 1130. The van der Waals surface area contributed by atoms with Gasteiger partial charge in [0.15, 0.2) is 25.0 Å². The number of hydrogen-bond donors (Lipinski definition) is 0. The predicted molar refractivity (Wildman–Crippen MR) is 158 cm³/mol. The van der Waals surface area contributed by atoms with Gasteiger partial charge >= 0.3 is 11.9 Å². The quantitative estimate of drug-likeness (QED) is 0.214. The summed E-state index contributed by atoms with van der Waals surface area (Å²) in [4.78, 5) is 27.8. The van der Waals surface area contributed by atoms with E-state index >= 15 is 0 Å². The summed E-state index contributed by atoms with van der Waals surface area (Å²) in [5.41, 5.74) is -2.08. The highest BCUT2D eigenvalue weighted by Crippen LogP contribution is 2.78. The van der Waals surface area contributed by atoms with Gasteiger partial charge in [-0.05, 0) is 102 Å². The molecule has 10 heteroatoms. The molecule has 9 atom stereocenters. The van der Waals surface area contributed by atoms with E-state index < -0.39 is 64.9 Å². The molecule has 0 aromatic rings. The molecular weight excluding hydrogens is 545 g/mol. The number of carbonyl (C=O) groups is 2. The van der Waals surface area contributed by atoms with Gasteiger partial charge in [0.05, 0.1) is 25.2 Å². The molecule has 5 rings (SSSR count). The Morgan fingerprint density at radius 2 is 1.64 bits per heavy atom. The van der Waals surface area contributed by atoms with Crippen LogP contribution in [0.3, 0.4) is 0 Å². The smallest absolute Gasteiger partial charge is 0.316 e. The van der Waals surface area contributed by atoms with Crippen molar-refractivity contribution in [2.45, 2.75) is 109 Å². The predicted octanol–water partition coefficient (Wildman–Crippen LogP) is 5.66. The van der Waals surface area contributed by atoms with Crippen LogP contribution in [-0.4, -0.2) is 67.4 Å². The molecule has 1 aliphatic heterocycles. The molecule has 218 valence electrons. The molecule has 0 aromatic carbocycles.